The van der Waals surface area contributed by atoms with E-state index in [0.29, 0.717) is 5.15 Å². The second-order valence-electron chi connectivity index (χ2n) is 6.59. The molecule has 0 radical (unpaired) electrons. The largest absolute Gasteiger partial charge is 0.378 e. The number of rotatable bonds is 4. The van der Waals surface area contributed by atoms with Crippen molar-refractivity contribution in [1.82, 2.24) is 19.9 Å². The third-order valence-electron chi connectivity index (χ3n) is 4.86. The molecule has 4 rings (SSSR count). The number of anilines is 2. The maximum absolute atomic E-state index is 5.86. The van der Waals surface area contributed by atoms with Gasteiger partial charge in [-0.25, -0.2) is 15.0 Å². The molecular formula is C18H23ClN6O. The van der Waals surface area contributed by atoms with E-state index in [4.69, 9.17) is 16.3 Å². The molecule has 0 aliphatic carbocycles. The zero-order chi connectivity index (χ0) is 17.8. The third-order valence-corrected chi connectivity index (χ3v) is 5.09. The summed E-state index contributed by atoms with van der Waals surface area (Å²) in [5, 5.41) is 0.540. The molecule has 0 saturated carbocycles. The van der Waals surface area contributed by atoms with Crippen LogP contribution in [-0.4, -0.2) is 72.3 Å². The lowest BCUT2D eigenvalue weighted by molar-refractivity contribution is 0.122. The van der Waals surface area contributed by atoms with Gasteiger partial charge in [0.15, 0.2) is 0 Å². The van der Waals surface area contributed by atoms with Gasteiger partial charge in [0.2, 0.25) is 0 Å². The van der Waals surface area contributed by atoms with E-state index >= 15 is 0 Å². The monoisotopic (exact) mass is 374 g/mol. The van der Waals surface area contributed by atoms with Gasteiger partial charge in [0.05, 0.1) is 13.2 Å². The van der Waals surface area contributed by atoms with E-state index in [1.807, 2.05) is 18.3 Å². The predicted octanol–water partition coefficient (Wildman–Crippen LogP) is 1.68. The molecule has 2 aromatic heterocycles. The lowest BCUT2D eigenvalue weighted by Gasteiger charge is -2.36. The quantitative estimate of drug-likeness (QED) is 0.754. The van der Waals surface area contributed by atoms with E-state index in [-0.39, 0.29) is 0 Å². The van der Waals surface area contributed by atoms with Crippen LogP contribution in [0.1, 0.15) is 5.56 Å². The molecule has 26 heavy (non-hydrogen) atoms. The maximum Gasteiger partial charge on any atom is 0.134 e. The summed E-state index contributed by atoms with van der Waals surface area (Å²) in [6.07, 6.45) is 3.53. The van der Waals surface area contributed by atoms with Crippen molar-refractivity contribution in [3.8, 4) is 0 Å². The summed E-state index contributed by atoms with van der Waals surface area (Å²) >= 11 is 5.86. The minimum absolute atomic E-state index is 0.540. The van der Waals surface area contributed by atoms with Gasteiger partial charge in [-0.1, -0.05) is 17.7 Å². The van der Waals surface area contributed by atoms with Crippen LogP contribution in [0.15, 0.2) is 30.7 Å². The molecule has 7 nitrogen and oxygen atoms in total. The Bertz CT molecular complexity index is 714. The van der Waals surface area contributed by atoms with Gasteiger partial charge in [-0.2, -0.15) is 0 Å². The van der Waals surface area contributed by atoms with Crippen molar-refractivity contribution >= 4 is 23.2 Å². The molecule has 0 spiro atoms. The summed E-state index contributed by atoms with van der Waals surface area (Å²) in [7, 11) is 0. The van der Waals surface area contributed by atoms with Gasteiger partial charge < -0.3 is 14.5 Å². The molecule has 0 N–H and O–H groups in total. The van der Waals surface area contributed by atoms with Gasteiger partial charge in [0, 0.05) is 58.1 Å². The van der Waals surface area contributed by atoms with E-state index < -0.39 is 0 Å². The van der Waals surface area contributed by atoms with Crippen LogP contribution < -0.4 is 9.80 Å². The lowest BCUT2D eigenvalue weighted by atomic mass is 10.2. The molecule has 8 heteroatoms. The molecular weight excluding hydrogens is 352 g/mol. The second-order valence-corrected chi connectivity index (χ2v) is 6.97. The summed E-state index contributed by atoms with van der Waals surface area (Å²) < 4.78 is 5.42. The SMILES string of the molecule is Clc1ccc(CN2CCN(c3cc(N4CCOCC4)ncn3)CC2)cn1. The van der Waals surface area contributed by atoms with Crippen LogP contribution in [0.5, 0.6) is 0 Å². The van der Waals surface area contributed by atoms with Gasteiger partial charge in [-0.05, 0) is 11.6 Å². The molecule has 2 aliphatic rings. The van der Waals surface area contributed by atoms with E-state index in [0.717, 1.165) is 70.7 Å². The highest BCUT2D eigenvalue weighted by Gasteiger charge is 2.20. The average molecular weight is 375 g/mol. The lowest BCUT2D eigenvalue weighted by Crippen LogP contribution is -2.46. The smallest absolute Gasteiger partial charge is 0.134 e. The maximum atomic E-state index is 5.86. The van der Waals surface area contributed by atoms with E-state index in [9.17, 15) is 0 Å². The summed E-state index contributed by atoms with van der Waals surface area (Å²) in [5.74, 6) is 2.00. The first-order chi connectivity index (χ1) is 12.8. The van der Waals surface area contributed by atoms with Gasteiger partial charge in [0.1, 0.15) is 23.1 Å². The van der Waals surface area contributed by atoms with Crippen LogP contribution in [0.4, 0.5) is 11.6 Å². The zero-order valence-electron chi connectivity index (χ0n) is 14.7. The Labute approximate surface area is 158 Å². The number of morpholine rings is 1. The molecule has 138 valence electrons. The van der Waals surface area contributed by atoms with Gasteiger partial charge in [0.25, 0.3) is 0 Å². The van der Waals surface area contributed by atoms with E-state index in [2.05, 4.69) is 35.7 Å². The molecule has 0 aromatic carbocycles. The van der Waals surface area contributed by atoms with E-state index in [1.165, 1.54) is 5.56 Å². The average Bonchev–Trinajstić information content (AvgIpc) is 2.71. The van der Waals surface area contributed by atoms with Crippen LogP contribution in [0.3, 0.4) is 0 Å². The van der Waals surface area contributed by atoms with Gasteiger partial charge in [-0.15, -0.1) is 0 Å². The number of hydrogen-bond acceptors (Lipinski definition) is 7. The predicted molar refractivity (Wildman–Crippen MR) is 102 cm³/mol. The van der Waals surface area contributed by atoms with Crippen LogP contribution >= 0.6 is 11.6 Å². The third kappa shape index (κ3) is 4.23. The molecule has 0 atom stereocenters. The number of ether oxygens (including phenoxy) is 1. The van der Waals surface area contributed by atoms with Crippen molar-refractivity contribution in [3.63, 3.8) is 0 Å². The Morgan fingerprint density at radius 3 is 2.23 bits per heavy atom. The van der Waals surface area contributed by atoms with Gasteiger partial charge >= 0.3 is 0 Å². The molecule has 2 aromatic rings. The van der Waals surface area contributed by atoms with Crippen molar-refractivity contribution in [3.05, 3.63) is 41.4 Å². The number of hydrogen-bond donors (Lipinski definition) is 0. The Kier molecular flexibility index (Phi) is 5.48. The molecule has 2 aliphatic heterocycles. The molecule has 0 amide bonds. The van der Waals surface area contributed by atoms with E-state index in [1.54, 1.807) is 6.33 Å². The normalized spacial score (nSPS) is 19.0. The summed E-state index contributed by atoms with van der Waals surface area (Å²) in [6, 6.07) is 5.99. The van der Waals surface area contributed by atoms with Crippen molar-refractivity contribution in [2.24, 2.45) is 0 Å². The molecule has 2 fully saturated rings. The van der Waals surface area contributed by atoms with Crippen LogP contribution in [0.25, 0.3) is 0 Å². The Morgan fingerprint density at radius 2 is 1.58 bits per heavy atom. The standard InChI is InChI=1S/C18H23ClN6O/c19-16-2-1-15(12-20-16)13-23-3-5-24(6-4-23)17-11-18(22-14-21-17)25-7-9-26-10-8-25/h1-2,11-12,14H,3-10,13H2. The Balaban J connectivity index is 1.35. The molecule has 4 heterocycles. The fourth-order valence-corrected chi connectivity index (χ4v) is 3.48. The zero-order valence-corrected chi connectivity index (χ0v) is 15.5. The van der Waals surface area contributed by atoms with Crippen molar-refractivity contribution in [1.29, 1.82) is 0 Å². The first-order valence-corrected chi connectivity index (χ1v) is 9.38. The number of pyridine rings is 1. The summed E-state index contributed by atoms with van der Waals surface area (Å²) in [5.41, 5.74) is 1.19. The number of aromatic nitrogens is 3. The number of piperazine rings is 1. The van der Waals surface area contributed by atoms with Crippen LogP contribution in [0.2, 0.25) is 5.15 Å². The highest BCUT2D eigenvalue weighted by molar-refractivity contribution is 6.29. The van der Waals surface area contributed by atoms with Gasteiger partial charge in [-0.3, -0.25) is 4.90 Å². The highest BCUT2D eigenvalue weighted by Crippen LogP contribution is 2.20. The van der Waals surface area contributed by atoms with Crippen molar-refractivity contribution in [2.75, 3.05) is 62.3 Å². The molecule has 2 saturated heterocycles. The topological polar surface area (TPSA) is 57.6 Å². The summed E-state index contributed by atoms with van der Waals surface area (Å²) in [6.45, 7) is 8.12. The minimum Gasteiger partial charge on any atom is -0.378 e. The van der Waals surface area contributed by atoms with Crippen molar-refractivity contribution in [2.45, 2.75) is 6.54 Å². The first kappa shape index (κ1) is 17.5. The van der Waals surface area contributed by atoms with Crippen molar-refractivity contribution < 1.29 is 4.74 Å². The summed E-state index contributed by atoms with van der Waals surface area (Å²) in [4.78, 5) is 20.1. The van der Waals surface area contributed by atoms with Crippen LogP contribution in [0, 0.1) is 0 Å². The fraction of sp³-hybridized carbons (Fsp3) is 0.500. The highest BCUT2D eigenvalue weighted by atomic mass is 35.5. The molecule has 0 unspecified atom stereocenters. The first-order valence-electron chi connectivity index (χ1n) is 9.00. The minimum atomic E-state index is 0.540. The fourth-order valence-electron chi connectivity index (χ4n) is 3.37. The second kappa shape index (κ2) is 8.16. The number of halogens is 1. The Morgan fingerprint density at radius 1 is 0.885 bits per heavy atom. The van der Waals surface area contributed by atoms with Crippen LogP contribution in [-0.2, 0) is 11.3 Å². The number of nitrogens with zero attached hydrogens (tertiary/aromatic N) is 6. The molecule has 0 bridgehead atoms. The Hall–Kier alpha value is -1.96.